The number of hydrogen-bond donors (Lipinski definition) is 2. The van der Waals surface area contributed by atoms with Gasteiger partial charge in [-0.2, -0.15) is 0 Å². The van der Waals surface area contributed by atoms with Crippen molar-refractivity contribution in [1.82, 2.24) is 0 Å². The molecule has 1 aromatic carbocycles. The van der Waals surface area contributed by atoms with Gasteiger partial charge < -0.3 is 5.11 Å². The van der Waals surface area contributed by atoms with Gasteiger partial charge in [-0.05, 0) is 40.2 Å². The van der Waals surface area contributed by atoms with Crippen molar-refractivity contribution in [2.75, 3.05) is 4.72 Å². The van der Waals surface area contributed by atoms with Crippen molar-refractivity contribution < 1.29 is 18.3 Å². The standard InChI is InChI=1S/C11H8BrNO4S2/c12-9-5-6-10(18-9)19(16,17)13-8-4-2-1-3-7(8)11(14)15/h1-6,13H,(H,14,15). The lowest BCUT2D eigenvalue weighted by atomic mass is 10.2. The fourth-order valence-corrected chi connectivity index (χ4v) is 4.49. The summed E-state index contributed by atoms with van der Waals surface area (Å²) >= 11 is 4.23. The first-order valence-corrected chi connectivity index (χ1v) is 8.10. The van der Waals surface area contributed by atoms with Crippen LogP contribution in [0.1, 0.15) is 10.4 Å². The highest BCUT2D eigenvalue weighted by Crippen LogP contribution is 2.28. The van der Waals surface area contributed by atoms with Crippen LogP contribution in [0.15, 0.2) is 44.4 Å². The zero-order valence-electron chi connectivity index (χ0n) is 9.33. The van der Waals surface area contributed by atoms with Crippen molar-refractivity contribution in [3.05, 3.63) is 45.7 Å². The molecule has 1 heterocycles. The normalized spacial score (nSPS) is 11.2. The third-order valence-electron chi connectivity index (χ3n) is 2.22. The summed E-state index contributed by atoms with van der Waals surface area (Å²) in [5.41, 5.74) is -0.0544. The summed E-state index contributed by atoms with van der Waals surface area (Å²) in [4.78, 5) is 11.0. The molecule has 0 radical (unpaired) electrons. The minimum Gasteiger partial charge on any atom is -0.478 e. The molecule has 0 aliphatic carbocycles. The molecule has 100 valence electrons. The number of halogens is 1. The predicted octanol–water partition coefficient (Wildman–Crippen LogP) is 3.01. The number of nitrogens with one attached hydrogen (secondary N) is 1. The van der Waals surface area contributed by atoms with Crippen molar-refractivity contribution >= 4 is 48.9 Å². The van der Waals surface area contributed by atoms with E-state index in [1.165, 1.54) is 24.3 Å². The van der Waals surface area contributed by atoms with E-state index in [9.17, 15) is 13.2 Å². The van der Waals surface area contributed by atoms with E-state index in [2.05, 4.69) is 20.7 Å². The van der Waals surface area contributed by atoms with Gasteiger partial charge in [0.05, 0.1) is 15.0 Å². The summed E-state index contributed by atoms with van der Waals surface area (Å²) in [5, 5.41) is 9.00. The highest BCUT2D eigenvalue weighted by atomic mass is 79.9. The molecule has 0 aliphatic heterocycles. The number of aromatic carboxylic acids is 1. The third kappa shape index (κ3) is 3.14. The van der Waals surface area contributed by atoms with Crippen molar-refractivity contribution in [1.29, 1.82) is 0 Å². The number of sulfonamides is 1. The van der Waals surface area contributed by atoms with E-state index in [1.54, 1.807) is 12.1 Å². The maximum Gasteiger partial charge on any atom is 0.337 e. The van der Waals surface area contributed by atoms with Crippen LogP contribution in [-0.4, -0.2) is 19.5 Å². The molecular weight excluding hydrogens is 354 g/mol. The fraction of sp³-hybridized carbons (Fsp3) is 0. The van der Waals surface area contributed by atoms with E-state index in [4.69, 9.17) is 5.11 Å². The van der Waals surface area contributed by atoms with Gasteiger partial charge in [-0.1, -0.05) is 12.1 Å². The van der Waals surface area contributed by atoms with Crippen LogP contribution >= 0.6 is 27.3 Å². The molecule has 0 aliphatic rings. The van der Waals surface area contributed by atoms with Gasteiger partial charge in [0.25, 0.3) is 10.0 Å². The number of anilines is 1. The third-order valence-corrected chi connectivity index (χ3v) is 5.70. The number of thiophene rings is 1. The number of benzene rings is 1. The first-order valence-electron chi connectivity index (χ1n) is 5.00. The average Bonchev–Trinajstić information content (AvgIpc) is 2.76. The summed E-state index contributed by atoms with van der Waals surface area (Å²) in [6.45, 7) is 0. The van der Waals surface area contributed by atoms with Gasteiger partial charge in [-0.15, -0.1) is 11.3 Å². The fourth-order valence-electron chi connectivity index (χ4n) is 1.40. The lowest BCUT2D eigenvalue weighted by Gasteiger charge is -2.08. The average molecular weight is 362 g/mol. The zero-order valence-corrected chi connectivity index (χ0v) is 12.5. The van der Waals surface area contributed by atoms with E-state index < -0.39 is 16.0 Å². The van der Waals surface area contributed by atoms with Gasteiger partial charge in [-0.25, -0.2) is 13.2 Å². The summed E-state index contributed by atoms with van der Waals surface area (Å²) in [6, 6.07) is 8.90. The SMILES string of the molecule is O=C(O)c1ccccc1NS(=O)(=O)c1ccc(Br)s1. The Bertz CT molecular complexity index is 724. The lowest BCUT2D eigenvalue weighted by Crippen LogP contribution is -2.14. The predicted molar refractivity (Wildman–Crippen MR) is 76.2 cm³/mol. The summed E-state index contributed by atoms with van der Waals surface area (Å²) in [7, 11) is -3.77. The number of rotatable bonds is 4. The number of carbonyl (C=O) groups is 1. The second-order valence-corrected chi connectivity index (χ2v) is 7.89. The number of carboxylic acids is 1. The maximum atomic E-state index is 12.1. The highest BCUT2D eigenvalue weighted by molar-refractivity contribution is 9.11. The molecule has 0 amide bonds. The molecule has 19 heavy (non-hydrogen) atoms. The molecule has 0 atom stereocenters. The van der Waals surface area contributed by atoms with E-state index in [-0.39, 0.29) is 15.5 Å². The molecule has 2 aromatic rings. The molecule has 0 fully saturated rings. The highest BCUT2D eigenvalue weighted by Gasteiger charge is 2.19. The quantitative estimate of drug-likeness (QED) is 0.876. The van der Waals surface area contributed by atoms with Gasteiger partial charge >= 0.3 is 5.97 Å². The van der Waals surface area contributed by atoms with Gasteiger partial charge in [-0.3, -0.25) is 4.72 Å². The van der Waals surface area contributed by atoms with Crippen LogP contribution in [0.4, 0.5) is 5.69 Å². The van der Waals surface area contributed by atoms with Crippen LogP contribution in [0, 0.1) is 0 Å². The smallest absolute Gasteiger partial charge is 0.337 e. The topological polar surface area (TPSA) is 83.5 Å². The largest absolute Gasteiger partial charge is 0.478 e. The van der Waals surface area contributed by atoms with Crippen molar-refractivity contribution in [2.24, 2.45) is 0 Å². The van der Waals surface area contributed by atoms with Crippen LogP contribution in [0.5, 0.6) is 0 Å². The molecule has 0 saturated heterocycles. The Kier molecular flexibility index (Phi) is 3.93. The van der Waals surface area contributed by atoms with Gasteiger partial charge in [0.1, 0.15) is 4.21 Å². The van der Waals surface area contributed by atoms with Crippen molar-refractivity contribution in [3.63, 3.8) is 0 Å². The van der Waals surface area contributed by atoms with Crippen LogP contribution < -0.4 is 4.72 Å². The second-order valence-electron chi connectivity index (χ2n) is 3.51. The molecule has 2 rings (SSSR count). The molecule has 5 nitrogen and oxygen atoms in total. The Morgan fingerprint density at radius 3 is 2.47 bits per heavy atom. The molecular formula is C11H8BrNO4S2. The van der Waals surface area contributed by atoms with E-state index in [0.29, 0.717) is 3.79 Å². The number of hydrogen-bond acceptors (Lipinski definition) is 4. The first-order chi connectivity index (χ1) is 8.90. The van der Waals surface area contributed by atoms with Gasteiger partial charge in [0.2, 0.25) is 0 Å². The van der Waals surface area contributed by atoms with Crippen LogP contribution in [0.3, 0.4) is 0 Å². The summed E-state index contributed by atoms with van der Waals surface area (Å²) in [5.74, 6) is -1.19. The van der Waals surface area contributed by atoms with Crippen LogP contribution in [0.25, 0.3) is 0 Å². The maximum absolute atomic E-state index is 12.1. The molecule has 0 saturated carbocycles. The molecule has 1 aromatic heterocycles. The first kappa shape index (κ1) is 14.0. The Hall–Kier alpha value is -1.38. The Morgan fingerprint density at radius 2 is 1.89 bits per heavy atom. The van der Waals surface area contributed by atoms with Crippen LogP contribution in [0.2, 0.25) is 0 Å². The summed E-state index contributed by atoms with van der Waals surface area (Å²) in [6.07, 6.45) is 0. The Morgan fingerprint density at radius 1 is 1.21 bits per heavy atom. The molecule has 0 bridgehead atoms. The minimum atomic E-state index is -3.77. The second kappa shape index (κ2) is 5.32. The van der Waals surface area contributed by atoms with Gasteiger partial charge in [0, 0.05) is 0 Å². The van der Waals surface area contributed by atoms with Gasteiger partial charge in [0.15, 0.2) is 0 Å². The number of para-hydroxylation sites is 1. The van der Waals surface area contributed by atoms with Crippen molar-refractivity contribution in [3.8, 4) is 0 Å². The lowest BCUT2D eigenvalue weighted by molar-refractivity contribution is 0.0698. The van der Waals surface area contributed by atoms with E-state index in [1.807, 2.05) is 0 Å². The zero-order chi connectivity index (χ0) is 14.0. The van der Waals surface area contributed by atoms with Crippen LogP contribution in [-0.2, 0) is 10.0 Å². The van der Waals surface area contributed by atoms with E-state index >= 15 is 0 Å². The Balaban J connectivity index is 2.39. The molecule has 2 N–H and O–H groups in total. The molecule has 0 spiro atoms. The van der Waals surface area contributed by atoms with E-state index in [0.717, 1.165) is 11.3 Å². The van der Waals surface area contributed by atoms with Crippen molar-refractivity contribution in [2.45, 2.75) is 4.21 Å². The Labute approximate surface area is 122 Å². The summed E-state index contributed by atoms with van der Waals surface area (Å²) < 4.78 is 27.2. The minimum absolute atomic E-state index is 0.0412. The molecule has 0 unspecified atom stereocenters. The number of carboxylic acid groups (broad SMARTS) is 1. The molecule has 8 heteroatoms. The monoisotopic (exact) mass is 361 g/mol.